The van der Waals surface area contributed by atoms with Gasteiger partial charge in [-0.25, -0.2) is 9.69 Å². The fourth-order valence-electron chi connectivity index (χ4n) is 2.42. The molecule has 1 N–H and O–H groups in total. The van der Waals surface area contributed by atoms with Crippen LogP contribution >= 0.6 is 0 Å². The second-order valence-electron chi connectivity index (χ2n) is 7.37. The van der Waals surface area contributed by atoms with Crippen LogP contribution in [0.15, 0.2) is 48.5 Å². The number of methoxy groups -OCH3 is 1. The van der Waals surface area contributed by atoms with Crippen LogP contribution in [-0.4, -0.2) is 24.2 Å². The van der Waals surface area contributed by atoms with Crippen molar-refractivity contribution in [3.8, 4) is 0 Å². The van der Waals surface area contributed by atoms with Gasteiger partial charge in [0, 0.05) is 0 Å². The molecule has 2 aromatic carbocycles. The van der Waals surface area contributed by atoms with Crippen molar-refractivity contribution in [2.45, 2.75) is 38.5 Å². The molecule has 0 bridgehead atoms. The van der Waals surface area contributed by atoms with E-state index < -0.39 is 16.8 Å². The van der Waals surface area contributed by atoms with Crippen molar-refractivity contribution in [1.29, 1.82) is 0 Å². The van der Waals surface area contributed by atoms with Crippen molar-refractivity contribution in [2.75, 3.05) is 7.11 Å². The lowest BCUT2D eigenvalue weighted by Crippen LogP contribution is -2.30. The van der Waals surface area contributed by atoms with Crippen molar-refractivity contribution in [2.24, 2.45) is 0 Å². The molecule has 6 heteroatoms. The Balaban J connectivity index is 0.000000291. The summed E-state index contributed by atoms with van der Waals surface area (Å²) in [5.41, 5.74) is 0.790. The number of carboxylic acid groups (broad SMARTS) is 1. The zero-order chi connectivity index (χ0) is 22.2. The molecule has 0 aliphatic carbocycles. The number of rotatable bonds is 4. The quantitative estimate of drug-likeness (QED) is 0.567. The number of aliphatic carboxylic acids is 1. The van der Waals surface area contributed by atoms with Gasteiger partial charge in [-0.3, -0.25) is 9.59 Å². The molecule has 0 radical (unpaired) electrons. The Labute approximate surface area is 171 Å². The zero-order valence-electron chi connectivity index (χ0n) is 17.2. The summed E-state index contributed by atoms with van der Waals surface area (Å²) in [7, 11) is 1.36. The minimum absolute atomic E-state index is 0.301. The number of carbonyl (C=O) groups excluding carboxylic acids is 1. The van der Waals surface area contributed by atoms with Gasteiger partial charge >= 0.3 is 11.9 Å². The van der Waals surface area contributed by atoms with Crippen molar-refractivity contribution in [1.82, 2.24) is 0 Å². The first-order valence-electron chi connectivity index (χ1n) is 8.78. The smallest absolute Gasteiger partial charge is 0.315 e. The highest BCUT2D eigenvalue weighted by atomic mass is 16.5. The second kappa shape index (κ2) is 9.52. The van der Waals surface area contributed by atoms with E-state index in [0.29, 0.717) is 16.9 Å². The normalized spacial score (nSPS) is 10.6. The molecule has 0 unspecified atom stereocenters. The van der Waals surface area contributed by atoms with Crippen LogP contribution in [0.2, 0.25) is 0 Å². The Hall–Kier alpha value is -3.64. The van der Waals surface area contributed by atoms with Gasteiger partial charge < -0.3 is 9.84 Å². The number of benzene rings is 2. The van der Waals surface area contributed by atoms with E-state index in [-0.39, 0.29) is 5.97 Å². The van der Waals surface area contributed by atoms with Gasteiger partial charge in [-0.2, -0.15) is 0 Å². The molecule has 0 spiro atoms. The molecule has 0 fully saturated rings. The molecule has 0 aliphatic rings. The number of esters is 1. The molecular formula is C23H24N2O4. The van der Waals surface area contributed by atoms with Gasteiger partial charge in [0.2, 0.25) is 0 Å². The van der Waals surface area contributed by atoms with Crippen LogP contribution in [0.5, 0.6) is 0 Å². The summed E-state index contributed by atoms with van der Waals surface area (Å²) in [4.78, 5) is 29.1. The maximum absolute atomic E-state index is 11.5. The summed E-state index contributed by atoms with van der Waals surface area (Å²) in [6, 6.07) is 13.7. The maximum atomic E-state index is 11.5. The van der Waals surface area contributed by atoms with Gasteiger partial charge in [-0.15, -0.1) is 0 Å². The Kier molecular flexibility index (Phi) is 7.68. The molecule has 29 heavy (non-hydrogen) atoms. The van der Waals surface area contributed by atoms with Gasteiger partial charge in [-0.1, -0.05) is 48.5 Å². The molecule has 2 rings (SSSR count). The second-order valence-corrected chi connectivity index (χ2v) is 7.37. The molecule has 0 heterocycles. The average molecular weight is 392 g/mol. The summed E-state index contributed by atoms with van der Waals surface area (Å²) in [6.45, 7) is 20.5. The van der Waals surface area contributed by atoms with Crippen LogP contribution in [0.4, 0.5) is 11.4 Å². The fraction of sp³-hybridized carbons (Fsp3) is 0.304. The van der Waals surface area contributed by atoms with Crippen LogP contribution in [0.25, 0.3) is 9.69 Å². The average Bonchev–Trinajstić information content (AvgIpc) is 2.73. The number of hydrogen-bond acceptors (Lipinski definition) is 3. The summed E-state index contributed by atoms with van der Waals surface area (Å²) < 4.78 is 4.73. The molecular weight excluding hydrogens is 368 g/mol. The van der Waals surface area contributed by atoms with Gasteiger partial charge in [0.15, 0.2) is 11.4 Å². The molecule has 2 aromatic rings. The van der Waals surface area contributed by atoms with Crippen molar-refractivity contribution < 1.29 is 19.4 Å². The molecule has 0 saturated heterocycles. The third kappa shape index (κ3) is 5.67. The Bertz CT molecular complexity index is 979. The van der Waals surface area contributed by atoms with E-state index in [4.69, 9.17) is 23.0 Å². The van der Waals surface area contributed by atoms with E-state index >= 15 is 0 Å². The molecule has 0 atom stereocenters. The van der Waals surface area contributed by atoms with Crippen LogP contribution < -0.4 is 0 Å². The first-order valence-corrected chi connectivity index (χ1v) is 8.78. The third-order valence-electron chi connectivity index (χ3n) is 4.62. The van der Waals surface area contributed by atoms with Crippen LogP contribution in [0.3, 0.4) is 0 Å². The summed E-state index contributed by atoms with van der Waals surface area (Å²) >= 11 is 0. The lowest BCUT2D eigenvalue weighted by Gasteiger charge is -2.22. The van der Waals surface area contributed by atoms with Crippen LogP contribution in [0, 0.1) is 13.1 Å². The molecule has 150 valence electrons. The Morgan fingerprint density at radius 1 is 0.862 bits per heavy atom. The predicted molar refractivity (Wildman–Crippen MR) is 111 cm³/mol. The van der Waals surface area contributed by atoms with E-state index in [1.54, 1.807) is 70.2 Å². The van der Waals surface area contributed by atoms with Gasteiger partial charge in [0.1, 0.15) is 0 Å². The monoisotopic (exact) mass is 392 g/mol. The lowest BCUT2D eigenvalue weighted by molar-refractivity contribution is -0.146. The van der Waals surface area contributed by atoms with Crippen molar-refractivity contribution >= 4 is 23.3 Å². The molecule has 0 saturated carbocycles. The highest BCUT2D eigenvalue weighted by Gasteiger charge is 2.31. The number of carboxylic acids is 1. The van der Waals surface area contributed by atoms with E-state index in [0.717, 1.165) is 5.56 Å². The van der Waals surface area contributed by atoms with Crippen LogP contribution in [-0.2, 0) is 25.2 Å². The first kappa shape index (κ1) is 23.4. The van der Waals surface area contributed by atoms with E-state index in [1.807, 2.05) is 6.07 Å². The lowest BCUT2D eigenvalue weighted by atomic mass is 9.84. The van der Waals surface area contributed by atoms with E-state index in [2.05, 4.69) is 9.69 Å². The maximum Gasteiger partial charge on any atom is 0.315 e. The molecule has 6 nitrogen and oxygen atoms in total. The summed E-state index contributed by atoms with van der Waals surface area (Å²) in [5.74, 6) is -1.19. The predicted octanol–water partition coefficient (Wildman–Crippen LogP) is 5.29. The summed E-state index contributed by atoms with van der Waals surface area (Å²) in [5, 5.41) is 8.98. The third-order valence-corrected chi connectivity index (χ3v) is 4.62. The number of hydrogen-bond donors (Lipinski definition) is 1. The fourth-order valence-corrected chi connectivity index (χ4v) is 2.42. The Morgan fingerprint density at radius 3 is 1.62 bits per heavy atom. The SMILES string of the molecule is [C-]#[N+]c1cccc(C(C)(C)C(=O)O)c1.[C-]#[N+]c1cccc(C(C)(C)C(=O)OC)c1. The van der Waals surface area contributed by atoms with Gasteiger partial charge in [-0.05, 0) is 38.8 Å². The number of nitrogens with zero attached hydrogens (tertiary/aromatic N) is 2. The minimum Gasteiger partial charge on any atom is -0.481 e. The van der Waals surface area contributed by atoms with Crippen LogP contribution in [0.1, 0.15) is 38.8 Å². The highest BCUT2D eigenvalue weighted by molar-refractivity contribution is 5.82. The topological polar surface area (TPSA) is 72.3 Å². The summed E-state index contributed by atoms with van der Waals surface area (Å²) in [6.07, 6.45) is 0. The van der Waals surface area contributed by atoms with E-state index in [9.17, 15) is 9.59 Å². The van der Waals surface area contributed by atoms with Gasteiger partial charge in [0.25, 0.3) is 0 Å². The minimum atomic E-state index is -0.944. The molecule has 0 aliphatic heterocycles. The van der Waals surface area contributed by atoms with Crippen molar-refractivity contribution in [3.63, 3.8) is 0 Å². The highest BCUT2D eigenvalue weighted by Crippen LogP contribution is 2.28. The van der Waals surface area contributed by atoms with E-state index in [1.165, 1.54) is 7.11 Å². The standard InChI is InChI=1S/C12H13NO2.C11H11NO2/c1-12(2,11(14)15-4)9-6-5-7-10(8-9)13-3;1-11(2,10(13)14)8-5-4-6-9(7-8)12-3/h5-8H,1-2,4H3;4-7H,1-2H3,(H,13,14). The Morgan fingerprint density at radius 2 is 1.28 bits per heavy atom. The van der Waals surface area contributed by atoms with Crippen molar-refractivity contribution in [3.05, 3.63) is 82.5 Å². The zero-order valence-corrected chi connectivity index (χ0v) is 17.2. The largest absolute Gasteiger partial charge is 0.481 e. The molecule has 0 aromatic heterocycles. The van der Waals surface area contributed by atoms with Gasteiger partial charge in [0.05, 0.1) is 31.1 Å². The molecule has 0 amide bonds. The number of ether oxygens (including phenoxy) is 1. The number of carbonyl (C=O) groups is 2. The first-order chi connectivity index (χ1) is 13.5.